The average Bonchev–Trinajstić information content (AvgIpc) is 2.77. The fourth-order valence-corrected chi connectivity index (χ4v) is 4.32. The fraction of sp³-hybridized carbons (Fsp3) is 0.409. The lowest BCUT2D eigenvalue weighted by molar-refractivity contribution is 0.0439. The minimum absolute atomic E-state index is 0.150. The summed E-state index contributed by atoms with van der Waals surface area (Å²) >= 11 is 0. The van der Waals surface area contributed by atoms with Gasteiger partial charge in [0.1, 0.15) is 24.5 Å². The molecule has 8 heteroatoms. The molecular formula is C22H28N7O+. The van der Waals surface area contributed by atoms with E-state index in [1.54, 1.807) is 18.5 Å². The van der Waals surface area contributed by atoms with Crippen LogP contribution in [0, 0.1) is 6.92 Å². The van der Waals surface area contributed by atoms with Gasteiger partial charge in [0.05, 0.1) is 0 Å². The average molecular weight is 407 g/mol. The highest BCUT2D eigenvalue weighted by atomic mass is 16.3. The van der Waals surface area contributed by atoms with Crippen molar-refractivity contribution in [1.82, 2.24) is 34.7 Å². The number of aliphatic hydroxyl groups is 1. The van der Waals surface area contributed by atoms with Gasteiger partial charge in [-0.15, -0.1) is 0 Å². The van der Waals surface area contributed by atoms with E-state index in [4.69, 9.17) is 9.97 Å². The van der Waals surface area contributed by atoms with Crippen LogP contribution in [0.4, 0.5) is 5.95 Å². The quantitative estimate of drug-likeness (QED) is 0.626. The molecule has 3 aromatic rings. The Morgan fingerprint density at radius 2 is 1.67 bits per heavy atom. The van der Waals surface area contributed by atoms with Crippen LogP contribution < -0.4 is 9.80 Å². The highest BCUT2D eigenvalue weighted by Gasteiger charge is 2.49. The van der Waals surface area contributed by atoms with E-state index in [1.807, 2.05) is 37.3 Å². The van der Waals surface area contributed by atoms with Crippen molar-refractivity contribution < 1.29 is 5.11 Å². The number of hydrogen-bond acceptors (Lipinski definition) is 7. The van der Waals surface area contributed by atoms with Gasteiger partial charge in [0.25, 0.3) is 0 Å². The summed E-state index contributed by atoms with van der Waals surface area (Å²) in [6.07, 6.45) is 2.48. The summed E-state index contributed by atoms with van der Waals surface area (Å²) in [4.78, 5) is 22.8. The minimum Gasteiger partial charge on any atom is -0.379 e. The minimum atomic E-state index is -0.827. The van der Waals surface area contributed by atoms with E-state index in [0.717, 1.165) is 18.7 Å². The molecule has 0 spiro atoms. The zero-order valence-electron chi connectivity index (χ0n) is 17.6. The second-order valence-electron chi connectivity index (χ2n) is 7.96. The molecule has 2 N–H and O–H groups in total. The predicted octanol–water partition coefficient (Wildman–Crippen LogP) is 2.06. The van der Waals surface area contributed by atoms with Gasteiger partial charge in [0.15, 0.2) is 17.8 Å². The van der Waals surface area contributed by atoms with Crippen LogP contribution in [-0.4, -0.2) is 61.7 Å². The molecule has 1 aliphatic heterocycles. The maximum absolute atomic E-state index is 11.1. The lowest BCUT2D eigenvalue weighted by atomic mass is 10.0. The topological polar surface area (TPSA) is 96.7 Å². The number of piperazine rings is 1. The Kier molecular flexibility index (Phi) is 5.80. The van der Waals surface area contributed by atoms with Crippen LogP contribution in [0.15, 0.2) is 48.8 Å². The van der Waals surface area contributed by atoms with Crippen LogP contribution in [-0.2, 0) is 0 Å². The Hall–Kier alpha value is -2.81. The van der Waals surface area contributed by atoms with Gasteiger partial charge >= 0.3 is 5.95 Å². The summed E-state index contributed by atoms with van der Waals surface area (Å²) < 4.78 is 0.440. The number of quaternary nitrogens is 1. The first-order valence-corrected chi connectivity index (χ1v) is 10.3. The second kappa shape index (κ2) is 8.51. The van der Waals surface area contributed by atoms with E-state index in [1.165, 1.54) is 0 Å². The van der Waals surface area contributed by atoms with E-state index in [-0.39, 0.29) is 12.1 Å². The van der Waals surface area contributed by atoms with Gasteiger partial charge in [0.2, 0.25) is 0 Å². The number of aliphatic hydroxyl groups excluding tert-OH is 1. The fourth-order valence-electron chi connectivity index (χ4n) is 4.32. The van der Waals surface area contributed by atoms with E-state index in [9.17, 15) is 5.11 Å². The smallest absolute Gasteiger partial charge is 0.333 e. The molecule has 0 radical (unpaired) electrons. The van der Waals surface area contributed by atoms with Crippen LogP contribution >= 0.6 is 0 Å². The molecular weight excluding hydrogens is 378 g/mol. The number of nitrogens with zero attached hydrogens (tertiary/aromatic N) is 6. The molecule has 0 aliphatic carbocycles. The van der Waals surface area contributed by atoms with Crippen molar-refractivity contribution in [3.05, 3.63) is 60.4 Å². The second-order valence-corrected chi connectivity index (χ2v) is 7.96. The zero-order valence-corrected chi connectivity index (χ0v) is 17.6. The van der Waals surface area contributed by atoms with Crippen molar-refractivity contribution in [3.63, 3.8) is 0 Å². The predicted molar refractivity (Wildman–Crippen MR) is 115 cm³/mol. The largest absolute Gasteiger partial charge is 0.379 e. The standard InChI is InChI=1S/C22H28N7O/c1-15-12-23-13-16(2)29(15,14-19(30)21-24-10-7-11-25-21)22-27-17(3)26-20(28-22)18-8-5-4-6-9-18/h4-11,15-16,19,23,30H,12-14H2,1-3H3/q+1/t15-,16+,19-,29?/m1/s1. The van der Waals surface area contributed by atoms with E-state index in [0.29, 0.717) is 34.4 Å². The Labute approximate surface area is 176 Å². The summed E-state index contributed by atoms with van der Waals surface area (Å²) in [5.41, 5.74) is 0.949. The summed E-state index contributed by atoms with van der Waals surface area (Å²) in [7, 11) is 0. The number of aryl methyl sites for hydroxylation is 1. The van der Waals surface area contributed by atoms with Crippen LogP contribution in [0.3, 0.4) is 0 Å². The third kappa shape index (κ3) is 3.81. The number of nitrogens with one attached hydrogen (secondary N) is 1. The SMILES string of the molecule is Cc1nc(-c2ccccc2)nc([N+]2(C[C@@H](O)c3ncccn3)[C@H](C)CNC[C@@H]2C)n1. The van der Waals surface area contributed by atoms with Crippen LogP contribution in [0.1, 0.15) is 31.6 Å². The van der Waals surface area contributed by atoms with Gasteiger partial charge in [-0.2, -0.15) is 9.97 Å². The Morgan fingerprint density at radius 3 is 2.33 bits per heavy atom. The summed E-state index contributed by atoms with van der Waals surface area (Å²) in [5, 5.41) is 14.5. The van der Waals surface area contributed by atoms with Gasteiger partial charge in [-0.05, 0) is 26.8 Å². The maximum atomic E-state index is 11.1. The van der Waals surface area contributed by atoms with Crippen molar-refractivity contribution in [1.29, 1.82) is 0 Å². The highest BCUT2D eigenvalue weighted by molar-refractivity contribution is 5.56. The molecule has 1 saturated heterocycles. The van der Waals surface area contributed by atoms with Crippen LogP contribution in [0.25, 0.3) is 11.4 Å². The third-order valence-corrected chi connectivity index (χ3v) is 5.95. The molecule has 156 valence electrons. The Balaban J connectivity index is 1.82. The third-order valence-electron chi connectivity index (χ3n) is 5.95. The van der Waals surface area contributed by atoms with Crippen molar-refractivity contribution >= 4 is 5.95 Å². The molecule has 3 heterocycles. The molecule has 0 amide bonds. The first-order valence-electron chi connectivity index (χ1n) is 10.3. The molecule has 1 aliphatic rings. The van der Waals surface area contributed by atoms with Crippen LogP contribution in [0.5, 0.6) is 0 Å². The maximum Gasteiger partial charge on any atom is 0.333 e. The molecule has 2 aromatic heterocycles. The highest BCUT2D eigenvalue weighted by Crippen LogP contribution is 2.33. The van der Waals surface area contributed by atoms with Crippen molar-refractivity contribution in [3.8, 4) is 11.4 Å². The van der Waals surface area contributed by atoms with Crippen molar-refractivity contribution in [2.75, 3.05) is 19.6 Å². The number of rotatable bonds is 5. The van der Waals surface area contributed by atoms with Gasteiger partial charge in [-0.25, -0.2) is 19.4 Å². The van der Waals surface area contributed by atoms with Gasteiger partial charge in [-0.3, -0.25) is 0 Å². The van der Waals surface area contributed by atoms with Crippen molar-refractivity contribution in [2.24, 2.45) is 0 Å². The first kappa shape index (κ1) is 20.5. The number of benzene rings is 1. The van der Waals surface area contributed by atoms with E-state index in [2.05, 4.69) is 34.1 Å². The van der Waals surface area contributed by atoms with Crippen LogP contribution in [0.2, 0.25) is 0 Å². The summed E-state index contributed by atoms with van der Waals surface area (Å²) in [6, 6.07) is 12.0. The molecule has 1 aromatic carbocycles. The Bertz CT molecular complexity index is 973. The summed E-state index contributed by atoms with van der Waals surface area (Å²) in [5.74, 6) is 2.42. The molecule has 4 rings (SSSR count). The Morgan fingerprint density at radius 1 is 1.00 bits per heavy atom. The molecule has 30 heavy (non-hydrogen) atoms. The first-order chi connectivity index (χ1) is 14.5. The molecule has 1 fully saturated rings. The molecule has 0 saturated carbocycles. The van der Waals surface area contributed by atoms with Gasteiger partial charge < -0.3 is 10.4 Å². The van der Waals surface area contributed by atoms with Gasteiger partial charge in [-0.1, -0.05) is 30.3 Å². The zero-order chi connectivity index (χ0) is 21.1. The monoisotopic (exact) mass is 406 g/mol. The normalized spacial score (nSPS) is 25.1. The van der Waals surface area contributed by atoms with E-state index < -0.39 is 6.10 Å². The summed E-state index contributed by atoms with van der Waals surface area (Å²) in [6.45, 7) is 8.23. The van der Waals surface area contributed by atoms with E-state index >= 15 is 0 Å². The molecule has 0 bridgehead atoms. The molecule has 1 unspecified atom stereocenters. The molecule has 8 nitrogen and oxygen atoms in total. The number of aromatic nitrogens is 5. The van der Waals surface area contributed by atoms with Gasteiger partial charge in [0, 0.05) is 31.0 Å². The lowest BCUT2D eigenvalue weighted by Gasteiger charge is -2.49. The number of hydrogen-bond donors (Lipinski definition) is 2. The lowest BCUT2D eigenvalue weighted by Crippen LogP contribution is -2.71. The molecule has 4 atom stereocenters. The van der Waals surface area contributed by atoms with Crippen molar-refractivity contribution in [2.45, 2.75) is 39.0 Å².